The molecule has 0 rings (SSSR count). The van der Waals surface area contributed by atoms with E-state index >= 15 is 0 Å². The van der Waals surface area contributed by atoms with Crippen LogP contribution in [-0.2, 0) is 0 Å². The molecule has 0 aromatic rings. The van der Waals surface area contributed by atoms with Crippen molar-refractivity contribution in [3.63, 3.8) is 0 Å². The maximum absolute atomic E-state index is 2.33. The largest absolute Gasteiger partial charge is 0.0914 e. The predicted octanol–water partition coefficient (Wildman–Crippen LogP) is 6.90. The van der Waals surface area contributed by atoms with E-state index in [1.54, 1.807) is 0 Å². The van der Waals surface area contributed by atoms with Crippen molar-refractivity contribution in [1.82, 2.24) is 0 Å². The van der Waals surface area contributed by atoms with Gasteiger partial charge in [-0.15, -0.1) is 0 Å². The van der Waals surface area contributed by atoms with Gasteiger partial charge in [0.2, 0.25) is 0 Å². The summed E-state index contributed by atoms with van der Waals surface area (Å²) >= 11 is 0. The predicted molar refractivity (Wildman–Crippen MR) is 85.1 cm³/mol. The van der Waals surface area contributed by atoms with Crippen LogP contribution in [0.25, 0.3) is 0 Å². The molecule has 0 radical (unpaired) electrons. The summed E-state index contributed by atoms with van der Waals surface area (Å²) in [6.45, 7) is 6.74. The zero-order valence-corrected chi connectivity index (χ0v) is 13.2. The average molecular weight is 252 g/mol. The molecule has 1 atom stereocenters. The number of hydrogen-bond acceptors (Lipinski definition) is 0. The molecule has 0 N–H and O–H groups in total. The van der Waals surface area contributed by atoms with E-state index in [-0.39, 0.29) is 0 Å². The van der Waals surface area contributed by atoms with Gasteiger partial charge in [-0.2, -0.15) is 0 Å². The molecule has 0 heterocycles. The first-order chi connectivity index (χ1) is 8.81. The van der Waals surface area contributed by atoms with Gasteiger partial charge < -0.3 is 0 Å². The van der Waals surface area contributed by atoms with Gasteiger partial charge >= 0.3 is 0 Å². The van der Waals surface area contributed by atoms with Gasteiger partial charge in [0, 0.05) is 0 Å². The fourth-order valence-corrected chi connectivity index (χ4v) is 2.56. The van der Waals surface area contributed by atoms with Gasteiger partial charge in [-0.25, -0.2) is 0 Å². The minimum Gasteiger partial charge on any atom is -0.0914 e. The lowest BCUT2D eigenvalue weighted by Gasteiger charge is -2.05. The van der Waals surface area contributed by atoms with E-state index in [0.717, 1.165) is 5.92 Å². The summed E-state index contributed by atoms with van der Waals surface area (Å²) in [7, 11) is 0. The smallest absolute Gasteiger partial charge is 0.0262 e. The van der Waals surface area contributed by atoms with E-state index in [1.165, 1.54) is 77.0 Å². The molecule has 18 heavy (non-hydrogen) atoms. The summed E-state index contributed by atoms with van der Waals surface area (Å²) < 4.78 is 0. The third kappa shape index (κ3) is 13.8. The van der Waals surface area contributed by atoms with Crippen molar-refractivity contribution in [3.8, 4) is 0 Å². The highest BCUT2D eigenvalue weighted by atomic mass is 14.0. The van der Waals surface area contributed by atoms with Crippen LogP contribution in [-0.4, -0.2) is 0 Å². The van der Waals surface area contributed by atoms with Gasteiger partial charge in [0.15, 0.2) is 0 Å². The van der Waals surface area contributed by atoms with Crippen molar-refractivity contribution in [3.05, 3.63) is 12.2 Å². The van der Waals surface area contributed by atoms with Crippen LogP contribution in [0.3, 0.4) is 0 Å². The van der Waals surface area contributed by atoms with Gasteiger partial charge in [0.1, 0.15) is 0 Å². The topological polar surface area (TPSA) is 0 Å². The summed E-state index contributed by atoms with van der Waals surface area (Å²) in [6.07, 6.45) is 21.8. The SMILES string of the molecule is CC=CC(C)CCCCCCCCCCCCC. The van der Waals surface area contributed by atoms with Crippen LogP contribution in [0.2, 0.25) is 0 Å². The Balaban J connectivity index is 3.03. The molecule has 0 heteroatoms. The molecular formula is C18H36. The molecule has 0 fully saturated rings. The second kappa shape index (κ2) is 14.8. The lowest BCUT2D eigenvalue weighted by molar-refractivity contribution is 0.524. The van der Waals surface area contributed by atoms with Gasteiger partial charge in [-0.05, 0) is 19.3 Å². The maximum atomic E-state index is 2.33. The monoisotopic (exact) mass is 252 g/mol. The number of unbranched alkanes of at least 4 members (excludes halogenated alkanes) is 10. The molecule has 0 spiro atoms. The Bertz CT molecular complexity index is 169. The van der Waals surface area contributed by atoms with Crippen molar-refractivity contribution in [2.75, 3.05) is 0 Å². The molecular weight excluding hydrogens is 216 g/mol. The molecule has 0 nitrogen and oxygen atoms in total. The Hall–Kier alpha value is -0.260. The van der Waals surface area contributed by atoms with E-state index in [1.807, 2.05) is 0 Å². The van der Waals surface area contributed by atoms with E-state index in [9.17, 15) is 0 Å². The quantitative estimate of drug-likeness (QED) is 0.247. The average Bonchev–Trinajstić information content (AvgIpc) is 2.36. The summed E-state index contributed by atoms with van der Waals surface area (Å²) in [5.74, 6) is 0.786. The summed E-state index contributed by atoms with van der Waals surface area (Å²) in [5, 5.41) is 0. The highest BCUT2D eigenvalue weighted by Crippen LogP contribution is 2.14. The molecule has 0 bridgehead atoms. The van der Waals surface area contributed by atoms with Crippen LogP contribution in [0.4, 0.5) is 0 Å². The first-order valence-corrected chi connectivity index (χ1v) is 8.44. The molecule has 0 amide bonds. The second-order valence-corrected chi connectivity index (χ2v) is 5.83. The molecule has 0 saturated carbocycles. The van der Waals surface area contributed by atoms with Crippen LogP contribution in [0, 0.1) is 5.92 Å². The molecule has 1 unspecified atom stereocenters. The fourth-order valence-electron chi connectivity index (χ4n) is 2.56. The third-order valence-corrected chi connectivity index (χ3v) is 3.78. The lowest BCUT2D eigenvalue weighted by Crippen LogP contribution is -1.89. The molecule has 108 valence electrons. The first-order valence-electron chi connectivity index (χ1n) is 8.44. The second-order valence-electron chi connectivity index (χ2n) is 5.83. The zero-order valence-electron chi connectivity index (χ0n) is 13.2. The summed E-state index contributed by atoms with van der Waals surface area (Å²) in [6, 6.07) is 0. The van der Waals surface area contributed by atoms with Crippen molar-refractivity contribution in [2.45, 2.75) is 97.8 Å². The van der Waals surface area contributed by atoms with Crippen molar-refractivity contribution >= 4 is 0 Å². The van der Waals surface area contributed by atoms with E-state index < -0.39 is 0 Å². The van der Waals surface area contributed by atoms with Gasteiger partial charge in [0.05, 0.1) is 0 Å². The van der Waals surface area contributed by atoms with Crippen LogP contribution in [0.15, 0.2) is 12.2 Å². The van der Waals surface area contributed by atoms with Gasteiger partial charge in [-0.3, -0.25) is 0 Å². The Labute approximate surface area is 116 Å². The molecule has 0 aromatic heterocycles. The lowest BCUT2D eigenvalue weighted by atomic mass is 10.0. The molecule has 0 aliphatic heterocycles. The normalized spacial score (nSPS) is 13.3. The summed E-state index contributed by atoms with van der Waals surface area (Å²) in [4.78, 5) is 0. The van der Waals surface area contributed by atoms with E-state index in [4.69, 9.17) is 0 Å². The molecule has 0 aliphatic rings. The Morgan fingerprint density at radius 2 is 1.17 bits per heavy atom. The number of rotatable bonds is 13. The minimum atomic E-state index is 0.786. The standard InChI is InChI=1S/C18H36/c1-4-6-7-8-9-10-11-12-13-14-15-17-18(3)16-5-2/h5,16,18H,4,6-15,17H2,1-3H3. The Morgan fingerprint density at radius 1 is 0.722 bits per heavy atom. The molecule has 0 aliphatic carbocycles. The highest BCUT2D eigenvalue weighted by Gasteiger charge is 1.97. The van der Waals surface area contributed by atoms with Crippen molar-refractivity contribution in [2.24, 2.45) is 5.92 Å². The van der Waals surface area contributed by atoms with Crippen LogP contribution in [0.1, 0.15) is 97.8 Å². The number of hydrogen-bond donors (Lipinski definition) is 0. The van der Waals surface area contributed by atoms with Crippen molar-refractivity contribution in [1.29, 1.82) is 0 Å². The van der Waals surface area contributed by atoms with E-state index in [0.29, 0.717) is 0 Å². The van der Waals surface area contributed by atoms with Crippen LogP contribution >= 0.6 is 0 Å². The zero-order chi connectivity index (χ0) is 13.5. The summed E-state index contributed by atoms with van der Waals surface area (Å²) in [5.41, 5.74) is 0. The fraction of sp³-hybridized carbons (Fsp3) is 0.889. The van der Waals surface area contributed by atoms with Crippen LogP contribution < -0.4 is 0 Å². The molecule has 0 aromatic carbocycles. The van der Waals surface area contributed by atoms with Crippen molar-refractivity contribution < 1.29 is 0 Å². The third-order valence-electron chi connectivity index (χ3n) is 3.78. The number of allylic oxidation sites excluding steroid dienone is 2. The van der Waals surface area contributed by atoms with E-state index in [2.05, 4.69) is 32.9 Å². The highest BCUT2D eigenvalue weighted by molar-refractivity contribution is 4.82. The Morgan fingerprint density at radius 3 is 1.61 bits per heavy atom. The molecule has 0 saturated heterocycles. The first kappa shape index (κ1) is 17.7. The Kier molecular flexibility index (Phi) is 14.6. The van der Waals surface area contributed by atoms with Gasteiger partial charge in [0.25, 0.3) is 0 Å². The maximum Gasteiger partial charge on any atom is -0.0262 e. The minimum absolute atomic E-state index is 0.786. The van der Waals surface area contributed by atoms with Gasteiger partial charge in [-0.1, -0.05) is 96.6 Å². The van der Waals surface area contributed by atoms with Crippen LogP contribution in [0.5, 0.6) is 0 Å².